The maximum Gasteiger partial charge on any atom is 0.221 e. The zero-order valence-electron chi connectivity index (χ0n) is 11.7. The van der Waals surface area contributed by atoms with Crippen LogP contribution in [0, 0.1) is 0 Å². The molecule has 20 heavy (non-hydrogen) atoms. The molecule has 0 saturated heterocycles. The number of nitrogen functional groups attached to an aromatic ring is 1. The number of nitrogens with one attached hydrogen (secondary N) is 1. The molecule has 0 aromatic carbocycles. The molecule has 2 heterocycles. The molecule has 2 rings (SSSR count). The number of ether oxygens (including phenoxy) is 1. The third kappa shape index (κ3) is 3.42. The molecule has 6 nitrogen and oxygen atoms in total. The molecule has 0 aliphatic heterocycles. The average molecular weight is 273 g/mol. The van der Waals surface area contributed by atoms with E-state index in [0.29, 0.717) is 6.61 Å². The van der Waals surface area contributed by atoms with E-state index >= 15 is 0 Å². The Morgan fingerprint density at radius 2 is 2.20 bits per heavy atom. The van der Waals surface area contributed by atoms with Crippen LogP contribution in [-0.4, -0.2) is 28.7 Å². The number of anilines is 2. The predicted octanol–water partition coefficient (Wildman–Crippen LogP) is 1.82. The van der Waals surface area contributed by atoms with E-state index in [4.69, 9.17) is 10.5 Å². The number of methoxy groups -OCH3 is 1. The molecular weight excluding hydrogens is 254 g/mol. The minimum atomic E-state index is -0.0826. The van der Waals surface area contributed by atoms with Crippen molar-refractivity contribution in [2.24, 2.45) is 0 Å². The van der Waals surface area contributed by atoms with E-state index in [1.807, 2.05) is 25.1 Å². The van der Waals surface area contributed by atoms with E-state index in [9.17, 15) is 0 Å². The van der Waals surface area contributed by atoms with Gasteiger partial charge < -0.3 is 15.8 Å². The molecule has 0 bridgehead atoms. The summed E-state index contributed by atoms with van der Waals surface area (Å²) in [6, 6.07) is 5.70. The first-order chi connectivity index (χ1) is 9.74. The fourth-order valence-electron chi connectivity index (χ4n) is 1.92. The van der Waals surface area contributed by atoms with Crippen LogP contribution in [0.3, 0.4) is 0 Å². The highest BCUT2D eigenvalue weighted by Gasteiger charge is 2.15. The van der Waals surface area contributed by atoms with Crippen molar-refractivity contribution in [1.29, 1.82) is 0 Å². The van der Waals surface area contributed by atoms with Crippen LogP contribution >= 0.6 is 0 Å². The van der Waals surface area contributed by atoms with Gasteiger partial charge in [-0.1, -0.05) is 13.0 Å². The van der Waals surface area contributed by atoms with Crippen molar-refractivity contribution in [2.45, 2.75) is 19.4 Å². The molecule has 3 N–H and O–H groups in total. The van der Waals surface area contributed by atoms with Crippen LogP contribution in [0.2, 0.25) is 0 Å². The van der Waals surface area contributed by atoms with Gasteiger partial charge in [-0.05, 0) is 18.6 Å². The molecule has 106 valence electrons. The number of pyridine rings is 1. The van der Waals surface area contributed by atoms with Crippen LogP contribution in [0.25, 0.3) is 0 Å². The Morgan fingerprint density at radius 3 is 2.85 bits per heavy atom. The van der Waals surface area contributed by atoms with Crippen LogP contribution in [0.1, 0.15) is 24.2 Å². The van der Waals surface area contributed by atoms with Gasteiger partial charge in [-0.15, -0.1) is 0 Å². The largest absolute Gasteiger partial charge is 0.382 e. The van der Waals surface area contributed by atoms with Gasteiger partial charge in [0.1, 0.15) is 5.82 Å². The lowest BCUT2D eigenvalue weighted by Crippen LogP contribution is -2.19. The van der Waals surface area contributed by atoms with E-state index in [1.165, 1.54) is 0 Å². The molecule has 2 aromatic rings. The SMILES string of the molecule is CCc1cnc(N)nc1N[C@H](COC)c1ccccn1. The first kappa shape index (κ1) is 14.2. The number of hydrogen-bond acceptors (Lipinski definition) is 6. The maximum atomic E-state index is 5.66. The third-order valence-electron chi connectivity index (χ3n) is 2.95. The van der Waals surface area contributed by atoms with Crippen molar-refractivity contribution in [3.05, 3.63) is 41.9 Å². The number of aryl methyl sites for hydroxylation is 1. The molecular formula is C14H19N5O. The lowest BCUT2D eigenvalue weighted by atomic mass is 10.1. The summed E-state index contributed by atoms with van der Waals surface area (Å²) in [6.07, 6.45) is 4.33. The minimum absolute atomic E-state index is 0.0826. The summed E-state index contributed by atoms with van der Waals surface area (Å²) < 4.78 is 5.26. The van der Waals surface area contributed by atoms with E-state index in [0.717, 1.165) is 23.5 Å². The third-order valence-corrected chi connectivity index (χ3v) is 2.95. The predicted molar refractivity (Wildman–Crippen MR) is 78.3 cm³/mol. The summed E-state index contributed by atoms with van der Waals surface area (Å²) in [6.45, 7) is 2.54. The number of hydrogen-bond donors (Lipinski definition) is 2. The molecule has 1 atom stereocenters. The monoisotopic (exact) mass is 273 g/mol. The highest BCUT2D eigenvalue weighted by atomic mass is 16.5. The molecule has 0 unspecified atom stereocenters. The van der Waals surface area contributed by atoms with Gasteiger partial charge in [0, 0.05) is 25.1 Å². The molecule has 0 aliphatic carbocycles. The second-order valence-corrected chi connectivity index (χ2v) is 4.36. The number of aromatic nitrogens is 3. The lowest BCUT2D eigenvalue weighted by Gasteiger charge is -2.19. The zero-order valence-corrected chi connectivity index (χ0v) is 11.7. The van der Waals surface area contributed by atoms with Crippen LogP contribution in [0.5, 0.6) is 0 Å². The smallest absolute Gasteiger partial charge is 0.221 e. The summed E-state index contributed by atoms with van der Waals surface area (Å²) in [4.78, 5) is 12.6. The van der Waals surface area contributed by atoms with Gasteiger partial charge in [0.25, 0.3) is 0 Å². The summed E-state index contributed by atoms with van der Waals surface area (Å²) in [5, 5.41) is 3.34. The van der Waals surface area contributed by atoms with Gasteiger partial charge in [0.15, 0.2) is 0 Å². The van der Waals surface area contributed by atoms with Crippen molar-refractivity contribution in [1.82, 2.24) is 15.0 Å². The molecule has 0 spiro atoms. The van der Waals surface area contributed by atoms with E-state index in [1.54, 1.807) is 19.5 Å². The summed E-state index contributed by atoms with van der Waals surface area (Å²) in [5.74, 6) is 0.981. The van der Waals surface area contributed by atoms with E-state index in [2.05, 4.69) is 20.3 Å². The van der Waals surface area contributed by atoms with Crippen LogP contribution in [0.4, 0.5) is 11.8 Å². The van der Waals surface area contributed by atoms with Gasteiger partial charge in [-0.25, -0.2) is 4.98 Å². The summed E-state index contributed by atoms with van der Waals surface area (Å²) in [7, 11) is 1.66. The Balaban J connectivity index is 2.26. The minimum Gasteiger partial charge on any atom is -0.382 e. The molecule has 0 aliphatic rings. The average Bonchev–Trinajstić information content (AvgIpc) is 2.48. The normalized spacial score (nSPS) is 12.1. The van der Waals surface area contributed by atoms with Crippen molar-refractivity contribution in [2.75, 3.05) is 24.8 Å². The van der Waals surface area contributed by atoms with E-state index in [-0.39, 0.29) is 12.0 Å². The highest BCUT2D eigenvalue weighted by Crippen LogP contribution is 2.20. The Labute approximate surface area is 118 Å². The fourth-order valence-corrected chi connectivity index (χ4v) is 1.92. The number of nitrogens with two attached hydrogens (primary N) is 1. The van der Waals surface area contributed by atoms with Crippen molar-refractivity contribution in [3.8, 4) is 0 Å². The Bertz CT molecular complexity index is 547. The molecule has 0 radical (unpaired) electrons. The number of nitrogens with zero attached hydrogens (tertiary/aromatic N) is 3. The summed E-state index contributed by atoms with van der Waals surface area (Å²) in [5.41, 5.74) is 7.57. The van der Waals surface area contributed by atoms with Crippen LogP contribution < -0.4 is 11.1 Å². The Morgan fingerprint density at radius 1 is 1.35 bits per heavy atom. The topological polar surface area (TPSA) is 86.0 Å². The Kier molecular flexibility index (Phi) is 4.84. The van der Waals surface area contributed by atoms with E-state index < -0.39 is 0 Å². The second-order valence-electron chi connectivity index (χ2n) is 4.36. The first-order valence-corrected chi connectivity index (χ1v) is 6.52. The highest BCUT2D eigenvalue weighted by molar-refractivity contribution is 5.47. The van der Waals surface area contributed by atoms with Crippen molar-refractivity contribution >= 4 is 11.8 Å². The fraction of sp³-hybridized carbons (Fsp3) is 0.357. The second kappa shape index (κ2) is 6.81. The Hall–Kier alpha value is -2.21. The van der Waals surface area contributed by atoms with Gasteiger partial charge in [-0.3, -0.25) is 4.98 Å². The van der Waals surface area contributed by atoms with Gasteiger partial charge in [-0.2, -0.15) is 4.98 Å². The van der Waals surface area contributed by atoms with Crippen LogP contribution in [-0.2, 0) is 11.2 Å². The standard InChI is InChI=1S/C14H19N5O/c1-3-10-8-17-14(15)19-13(10)18-12(9-20-2)11-6-4-5-7-16-11/h4-8,12H,3,9H2,1-2H3,(H3,15,17,18,19)/t12-/m1/s1. The first-order valence-electron chi connectivity index (χ1n) is 6.52. The molecule has 0 saturated carbocycles. The molecule has 0 amide bonds. The van der Waals surface area contributed by atoms with Crippen molar-refractivity contribution in [3.63, 3.8) is 0 Å². The quantitative estimate of drug-likeness (QED) is 0.835. The van der Waals surface area contributed by atoms with Gasteiger partial charge in [0.05, 0.1) is 18.3 Å². The van der Waals surface area contributed by atoms with Crippen molar-refractivity contribution < 1.29 is 4.74 Å². The van der Waals surface area contributed by atoms with Gasteiger partial charge in [0.2, 0.25) is 5.95 Å². The number of rotatable bonds is 6. The summed E-state index contributed by atoms with van der Waals surface area (Å²) >= 11 is 0. The molecule has 6 heteroatoms. The maximum absolute atomic E-state index is 5.66. The molecule has 2 aromatic heterocycles. The molecule has 0 fully saturated rings. The zero-order chi connectivity index (χ0) is 14.4. The van der Waals surface area contributed by atoms with Crippen LogP contribution in [0.15, 0.2) is 30.6 Å². The lowest BCUT2D eigenvalue weighted by molar-refractivity contribution is 0.185. The van der Waals surface area contributed by atoms with Gasteiger partial charge >= 0.3 is 0 Å².